The van der Waals surface area contributed by atoms with Crippen LogP contribution in [0.2, 0.25) is 0 Å². The summed E-state index contributed by atoms with van der Waals surface area (Å²) in [7, 11) is 0. The first-order chi connectivity index (χ1) is 20.2. The lowest BCUT2D eigenvalue weighted by Gasteiger charge is -2.39. The van der Waals surface area contributed by atoms with Crippen molar-refractivity contribution in [2.45, 2.75) is 13.0 Å². The van der Waals surface area contributed by atoms with Crippen LogP contribution >= 0.6 is 0 Å². The topological polar surface area (TPSA) is 41.4 Å². The van der Waals surface area contributed by atoms with E-state index in [9.17, 15) is 4.79 Å². The number of hydrogen-bond acceptors (Lipinski definition) is 3. The van der Waals surface area contributed by atoms with Crippen molar-refractivity contribution >= 4 is 12.0 Å². The summed E-state index contributed by atoms with van der Waals surface area (Å²) >= 11 is 0. The molecule has 0 radical (unpaired) electrons. The molecule has 6 rings (SSSR count). The third kappa shape index (κ3) is 6.06. The molecule has 5 nitrogen and oxygen atoms in total. The zero-order valence-electron chi connectivity index (χ0n) is 23.3. The fraction of sp³-hybridized carbons (Fsp3) is 0.167. The average Bonchev–Trinajstić information content (AvgIpc) is 3.46. The lowest BCUT2D eigenvalue weighted by molar-refractivity contribution is -0.127. The second-order valence-corrected chi connectivity index (χ2v) is 10.5. The normalized spacial score (nSPS) is 14.1. The number of benzene rings is 4. The molecule has 1 amide bonds. The summed E-state index contributed by atoms with van der Waals surface area (Å²) in [5.41, 5.74) is 7.53. The van der Waals surface area contributed by atoms with E-state index in [-0.39, 0.29) is 11.9 Å². The largest absolute Gasteiger partial charge is 0.337 e. The molecule has 204 valence electrons. The quantitative estimate of drug-likeness (QED) is 0.214. The number of nitrogens with zero attached hydrogens (tertiary/aromatic N) is 4. The molecule has 41 heavy (non-hydrogen) atoms. The molecule has 0 N–H and O–H groups in total. The van der Waals surface area contributed by atoms with Crippen LogP contribution in [0.4, 0.5) is 0 Å². The Balaban J connectivity index is 1.19. The van der Waals surface area contributed by atoms with Gasteiger partial charge in [-0.3, -0.25) is 9.69 Å². The van der Waals surface area contributed by atoms with Crippen molar-refractivity contribution in [1.29, 1.82) is 0 Å². The molecule has 2 heterocycles. The van der Waals surface area contributed by atoms with Gasteiger partial charge in [0.05, 0.1) is 17.4 Å². The third-order valence-corrected chi connectivity index (χ3v) is 7.72. The molecule has 4 aromatic carbocycles. The van der Waals surface area contributed by atoms with E-state index in [1.807, 2.05) is 52.2 Å². The van der Waals surface area contributed by atoms with E-state index in [0.29, 0.717) is 13.1 Å². The molecule has 0 atom stereocenters. The summed E-state index contributed by atoms with van der Waals surface area (Å²) in [6, 6.07) is 39.9. The van der Waals surface area contributed by atoms with E-state index >= 15 is 0 Å². The maximum absolute atomic E-state index is 13.4. The Labute approximate surface area is 242 Å². The molecule has 1 aliphatic heterocycles. The van der Waals surface area contributed by atoms with E-state index in [1.54, 1.807) is 6.08 Å². The number of amides is 1. The van der Waals surface area contributed by atoms with Crippen molar-refractivity contribution in [2.75, 3.05) is 26.2 Å². The molecule has 5 aromatic rings. The summed E-state index contributed by atoms with van der Waals surface area (Å²) in [5.74, 6) is 0.0305. The second-order valence-electron chi connectivity index (χ2n) is 10.5. The molecule has 1 saturated heterocycles. The molecule has 5 heteroatoms. The highest BCUT2D eigenvalue weighted by Crippen LogP contribution is 2.30. The number of carbonyl (C=O) groups excluding carboxylic acids is 1. The van der Waals surface area contributed by atoms with Crippen molar-refractivity contribution < 1.29 is 4.79 Å². The Kier molecular flexibility index (Phi) is 7.88. The minimum atomic E-state index is 0.0305. The van der Waals surface area contributed by atoms with Gasteiger partial charge < -0.3 is 4.90 Å². The van der Waals surface area contributed by atoms with Crippen LogP contribution in [0.15, 0.2) is 128 Å². The zero-order chi connectivity index (χ0) is 28.0. The highest BCUT2D eigenvalue weighted by molar-refractivity contribution is 5.93. The number of rotatable bonds is 7. The number of piperazine rings is 1. The summed E-state index contributed by atoms with van der Waals surface area (Å²) in [5, 5.41) is 4.89. The third-order valence-electron chi connectivity index (χ3n) is 7.72. The van der Waals surface area contributed by atoms with E-state index in [1.165, 1.54) is 16.7 Å². The summed E-state index contributed by atoms with van der Waals surface area (Å²) in [6.07, 6.45) is 5.61. The van der Waals surface area contributed by atoms with Gasteiger partial charge in [0, 0.05) is 49.6 Å². The predicted molar refractivity (Wildman–Crippen MR) is 166 cm³/mol. The van der Waals surface area contributed by atoms with Crippen molar-refractivity contribution in [1.82, 2.24) is 19.6 Å². The smallest absolute Gasteiger partial charge is 0.246 e. The van der Waals surface area contributed by atoms with Crippen LogP contribution < -0.4 is 0 Å². The monoisotopic (exact) mass is 538 g/mol. The van der Waals surface area contributed by atoms with Crippen molar-refractivity contribution in [3.8, 4) is 16.9 Å². The molecule has 0 bridgehead atoms. The van der Waals surface area contributed by atoms with Crippen LogP contribution in [0, 0.1) is 6.92 Å². The fourth-order valence-electron chi connectivity index (χ4n) is 5.51. The first-order valence-electron chi connectivity index (χ1n) is 14.2. The van der Waals surface area contributed by atoms with E-state index in [4.69, 9.17) is 5.10 Å². The van der Waals surface area contributed by atoms with Gasteiger partial charge >= 0.3 is 0 Å². The second kappa shape index (κ2) is 12.2. The van der Waals surface area contributed by atoms with Crippen molar-refractivity contribution in [3.05, 3.63) is 150 Å². The number of aryl methyl sites for hydroxylation is 1. The Morgan fingerprint density at radius 3 is 1.88 bits per heavy atom. The van der Waals surface area contributed by atoms with Gasteiger partial charge in [-0.05, 0) is 36.3 Å². The maximum Gasteiger partial charge on any atom is 0.246 e. The lowest BCUT2D eigenvalue weighted by atomic mass is 9.96. The SMILES string of the molecule is Cc1ccc(-c2nn(-c3ccccc3)cc2C=CC(=O)N2CCN(C(c3ccccc3)c3ccccc3)CC2)cc1. The Morgan fingerprint density at radius 1 is 0.732 bits per heavy atom. The van der Waals surface area contributed by atoms with Crippen LogP contribution in [0.25, 0.3) is 23.0 Å². The number of hydrogen-bond donors (Lipinski definition) is 0. The van der Waals surface area contributed by atoms with Crippen molar-refractivity contribution in [2.24, 2.45) is 0 Å². The number of aromatic nitrogens is 2. The Bertz CT molecular complexity index is 1560. The van der Waals surface area contributed by atoms with Gasteiger partial charge in [0.2, 0.25) is 5.91 Å². The minimum absolute atomic E-state index is 0.0305. The minimum Gasteiger partial charge on any atom is -0.337 e. The van der Waals surface area contributed by atoms with Crippen LogP contribution in [0.3, 0.4) is 0 Å². The van der Waals surface area contributed by atoms with E-state index in [2.05, 4.69) is 96.8 Å². The van der Waals surface area contributed by atoms with Gasteiger partial charge in [0.25, 0.3) is 0 Å². The molecule has 0 unspecified atom stereocenters. The lowest BCUT2D eigenvalue weighted by Crippen LogP contribution is -2.49. The highest BCUT2D eigenvalue weighted by atomic mass is 16.2. The summed E-state index contributed by atoms with van der Waals surface area (Å²) < 4.78 is 1.88. The summed E-state index contributed by atoms with van der Waals surface area (Å²) in [4.78, 5) is 17.8. The number of para-hydroxylation sites is 1. The van der Waals surface area contributed by atoms with E-state index in [0.717, 1.165) is 35.6 Å². The molecule has 1 fully saturated rings. The van der Waals surface area contributed by atoms with Crippen LogP contribution in [0.5, 0.6) is 0 Å². The van der Waals surface area contributed by atoms with Gasteiger partial charge in [-0.1, -0.05) is 109 Å². The van der Waals surface area contributed by atoms with Gasteiger partial charge in [0.1, 0.15) is 0 Å². The van der Waals surface area contributed by atoms with Gasteiger partial charge in [-0.2, -0.15) is 5.10 Å². The molecule has 1 aliphatic rings. The van der Waals surface area contributed by atoms with Crippen LogP contribution in [0.1, 0.15) is 28.3 Å². The maximum atomic E-state index is 13.4. The molecule has 0 aliphatic carbocycles. The fourth-order valence-corrected chi connectivity index (χ4v) is 5.51. The Hall–Kier alpha value is -4.74. The molecule has 1 aromatic heterocycles. The van der Waals surface area contributed by atoms with Crippen LogP contribution in [-0.4, -0.2) is 51.7 Å². The van der Waals surface area contributed by atoms with Crippen molar-refractivity contribution in [3.63, 3.8) is 0 Å². The molecular formula is C36H34N4O. The van der Waals surface area contributed by atoms with Crippen LogP contribution in [-0.2, 0) is 4.79 Å². The first kappa shape index (κ1) is 26.5. The Morgan fingerprint density at radius 2 is 1.29 bits per heavy atom. The van der Waals surface area contributed by atoms with Gasteiger partial charge in [0.15, 0.2) is 0 Å². The molecule has 0 saturated carbocycles. The van der Waals surface area contributed by atoms with E-state index < -0.39 is 0 Å². The predicted octanol–water partition coefficient (Wildman–Crippen LogP) is 6.79. The van der Waals surface area contributed by atoms with Gasteiger partial charge in [-0.15, -0.1) is 0 Å². The average molecular weight is 539 g/mol. The zero-order valence-corrected chi connectivity index (χ0v) is 23.3. The van der Waals surface area contributed by atoms with Gasteiger partial charge in [-0.25, -0.2) is 4.68 Å². The molecular weight excluding hydrogens is 504 g/mol. The summed E-state index contributed by atoms with van der Waals surface area (Å²) in [6.45, 7) is 5.08. The highest BCUT2D eigenvalue weighted by Gasteiger charge is 2.27. The standard InChI is InChI=1S/C36H34N4O/c1-28-17-19-29(20-18-28)35-32(27-40(37-35)33-15-9-4-10-16-33)21-22-34(41)38-23-25-39(26-24-38)36(30-11-5-2-6-12-30)31-13-7-3-8-14-31/h2-22,27,36H,23-26H2,1H3. The number of carbonyl (C=O) groups is 1. The molecule has 0 spiro atoms. The first-order valence-corrected chi connectivity index (χ1v) is 14.2.